The predicted molar refractivity (Wildman–Crippen MR) is 66.6 cm³/mol. The maximum atomic E-state index is 12.9. The zero-order chi connectivity index (χ0) is 13.9. The number of nitrogens with zero attached hydrogens (tertiary/aromatic N) is 1. The average molecular weight is 273 g/mol. The van der Waals surface area contributed by atoms with Gasteiger partial charge in [-0.2, -0.15) is 13.2 Å². The van der Waals surface area contributed by atoms with Crippen LogP contribution in [0, 0.1) is 0 Å². The lowest BCUT2D eigenvalue weighted by Crippen LogP contribution is -2.41. The van der Waals surface area contributed by atoms with Crippen molar-refractivity contribution >= 4 is 0 Å². The highest BCUT2D eigenvalue weighted by atomic mass is 19.4. The van der Waals surface area contributed by atoms with Gasteiger partial charge in [-0.25, -0.2) is 0 Å². The number of alkyl halides is 3. The molecular formula is C14H18F3NO. The van der Waals surface area contributed by atoms with Crippen LogP contribution < -0.4 is 0 Å². The molecule has 0 amide bonds. The van der Waals surface area contributed by atoms with Gasteiger partial charge in [0.05, 0.1) is 12.2 Å². The first-order valence-corrected chi connectivity index (χ1v) is 6.52. The van der Waals surface area contributed by atoms with Crippen LogP contribution in [0.5, 0.6) is 0 Å². The van der Waals surface area contributed by atoms with Crippen molar-refractivity contribution in [2.24, 2.45) is 0 Å². The standard InChI is InChI=1S/C14H18F3NO/c15-14(16,17)13-7-2-1-5-11(13)9-18-8-4-3-6-12(18)10-19/h1-2,5,7,12,19H,3-4,6,8-10H2. The molecular weight excluding hydrogens is 255 g/mol. The lowest BCUT2D eigenvalue weighted by atomic mass is 10.00. The molecule has 1 unspecified atom stereocenters. The van der Waals surface area contributed by atoms with Crippen molar-refractivity contribution in [1.82, 2.24) is 4.90 Å². The number of hydrogen-bond acceptors (Lipinski definition) is 2. The van der Waals surface area contributed by atoms with E-state index in [1.807, 2.05) is 4.90 Å². The first-order chi connectivity index (χ1) is 9.02. The monoisotopic (exact) mass is 273 g/mol. The zero-order valence-corrected chi connectivity index (χ0v) is 10.7. The normalized spacial score (nSPS) is 21.6. The molecule has 1 aliphatic heterocycles. The Bertz CT molecular complexity index is 419. The van der Waals surface area contributed by atoms with Crippen LogP contribution >= 0.6 is 0 Å². The van der Waals surface area contributed by atoms with Crippen LogP contribution in [0.2, 0.25) is 0 Å². The predicted octanol–water partition coefficient (Wildman–Crippen LogP) is 3.05. The maximum Gasteiger partial charge on any atom is 0.416 e. The SMILES string of the molecule is OCC1CCCCN1Cc1ccccc1C(F)(F)F. The van der Waals surface area contributed by atoms with Gasteiger partial charge in [-0.1, -0.05) is 24.6 Å². The third-order valence-corrected chi connectivity index (χ3v) is 3.66. The van der Waals surface area contributed by atoms with E-state index in [2.05, 4.69) is 0 Å². The number of rotatable bonds is 3. The van der Waals surface area contributed by atoms with E-state index in [0.717, 1.165) is 31.9 Å². The summed E-state index contributed by atoms with van der Waals surface area (Å²) in [5, 5.41) is 9.30. The molecule has 19 heavy (non-hydrogen) atoms. The smallest absolute Gasteiger partial charge is 0.395 e. The summed E-state index contributed by atoms with van der Waals surface area (Å²) in [5.74, 6) is 0. The molecule has 1 N–H and O–H groups in total. The molecule has 1 heterocycles. The third-order valence-electron chi connectivity index (χ3n) is 3.66. The van der Waals surface area contributed by atoms with Gasteiger partial charge in [0, 0.05) is 12.6 Å². The van der Waals surface area contributed by atoms with Crippen LogP contribution in [0.1, 0.15) is 30.4 Å². The number of hydrogen-bond donors (Lipinski definition) is 1. The van der Waals surface area contributed by atoms with Crippen molar-refractivity contribution in [2.45, 2.75) is 38.0 Å². The minimum Gasteiger partial charge on any atom is -0.395 e. The molecule has 1 atom stereocenters. The number of benzene rings is 1. The molecule has 0 aliphatic carbocycles. The molecule has 0 saturated carbocycles. The average Bonchev–Trinajstić information content (AvgIpc) is 2.39. The fourth-order valence-electron chi connectivity index (χ4n) is 2.63. The van der Waals surface area contributed by atoms with Gasteiger partial charge in [0.2, 0.25) is 0 Å². The fourth-order valence-corrected chi connectivity index (χ4v) is 2.63. The van der Waals surface area contributed by atoms with E-state index in [9.17, 15) is 18.3 Å². The molecule has 0 aromatic heterocycles. The first-order valence-electron chi connectivity index (χ1n) is 6.52. The summed E-state index contributed by atoms with van der Waals surface area (Å²) >= 11 is 0. The van der Waals surface area contributed by atoms with E-state index in [0.29, 0.717) is 0 Å². The van der Waals surface area contributed by atoms with E-state index in [1.165, 1.54) is 12.1 Å². The van der Waals surface area contributed by atoms with E-state index in [4.69, 9.17) is 0 Å². The number of likely N-dealkylation sites (tertiary alicyclic amines) is 1. The minimum atomic E-state index is -4.32. The molecule has 0 bridgehead atoms. The first kappa shape index (κ1) is 14.3. The van der Waals surface area contributed by atoms with Gasteiger partial charge in [-0.15, -0.1) is 0 Å². The summed E-state index contributed by atoms with van der Waals surface area (Å²) in [5.41, 5.74) is -0.285. The number of halogens is 3. The van der Waals surface area contributed by atoms with Crippen LogP contribution in [0.15, 0.2) is 24.3 Å². The quantitative estimate of drug-likeness (QED) is 0.915. The molecule has 5 heteroatoms. The summed E-state index contributed by atoms with van der Waals surface area (Å²) < 4.78 is 38.7. The van der Waals surface area contributed by atoms with E-state index < -0.39 is 11.7 Å². The van der Waals surface area contributed by atoms with Crippen LogP contribution in [0.4, 0.5) is 13.2 Å². The van der Waals surface area contributed by atoms with Crippen LogP contribution in [0.25, 0.3) is 0 Å². The van der Waals surface area contributed by atoms with Crippen molar-refractivity contribution in [3.8, 4) is 0 Å². The van der Waals surface area contributed by atoms with Crippen LogP contribution in [0.3, 0.4) is 0 Å². The Morgan fingerprint density at radius 2 is 1.95 bits per heavy atom. The van der Waals surface area contributed by atoms with Gasteiger partial charge in [0.25, 0.3) is 0 Å². The Balaban J connectivity index is 2.18. The summed E-state index contributed by atoms with van der Waals surface area (Å²) in [7, 11) is 0. The molecule has 1 saturated heterocycles. The Hall–Kier alpha value is -1.07. The minimum absolute atomic E-state index is 0.00812. The third kappa shape index (κ3) is 3.48. The van der Waals surface area contributed by atoms with Crippen molar-refractivity contribution in [3.63, 3.8) is 0 Å². The molecule has 2 nitrogen and oxygen atoms in total. The van der Waals surface area contributed by atoms with Crippen molar-refractivity contribution in [2.75, 3.05) is 13.2 Å². The lowest BCUT2D eigenvalue weighted by molar-refractivity contribution is -0.138. The number of piperidine rings is 1. The number of aliphatic hydroxyl groups is 1. The molecule has 1 aliphatic rings. The lowest BCUT2D eigenvalue weighted by Gasteiger charge is -2.35. The molecule has 1 aromatic carbocycles. The summed E-state index contributed by atoms with van der Waals surface area (Å²) in [6.45, 7) is 1.01. The number of aliphatic hydroxyl groups excluding tert-OH is 1. The fraction of sp³-hybridized carbons (Fsp3) is 0.571. The Labute approximate surface area is 110 Å². The Kier molecular flexibility index (Phi) is 4.47. The van der Waals surface area contributed by atoms with Gasteiger partial charge in [-0.05, 0) is 31.0 Å². The van der Waals surface area contributed by atoms with Gasteiger partial charge in [-0.3, -0.25) is 4.90 Å². The molecule has 106 valence electrons. The largest absolute Gasteiger partial charge is 0.416 e. The topological polar surface area (TPSA) is 23.5 Å². The van der Waals surface area contributed by atoms with E-state index in [-0.39, 0.29) is 24.8 Å². The van der Waals surface area contributed by atoms with Crippen molar-refractivity contribution in [1.29, 1.82) is 0 Å². The Morgan fingerprint density at radius 3 is 2.63 bits per heavy atom. The second-order valence-electron chi connectivity index (χ2n) is 4.96. The van der Waals surface area contributed by atoms with E-state index >= 15 is 0 Å². The highest BCUT2D eigenvalue weighted by Crippen LogP contribution is 2.33. The summed E-state index contributed by atoms with van der Waals surface area (Å²) in [6.07, 6.45) is -1.46. The van der Waals surface area contributed by atoms with Gasteiger partial charge in [0.1, 0.15) is 0 Å². The second-order valence-corrected chi connectivity index (χ2v) is 4.96. The summed E-state index contributed by atoms with van der Waals surface area (Å²) in [6, 6.07) is 5.66. The molecule has 0 radical (unpaired) electrons. The highest BCUT2D eigenvalue weighted by Gasteiger charge is 2.34. The molecule has 1 aromatic rings. The Morgan fingerprint density at radius 1 is 1.21 bits per heavy atom. The van der Waals surface area contributed by atoms with E-state index in [1.54, 1.807) is 6.07 Å². The van der Waals surface area contributed by atoms with Gasteiger partial charge >= 0.3 is 6.18 Å². The summed E-state index contributed by atoms with van der Waals surface area (Å²) in [4.78, 5) is 1.95. The van der Waals surface area contributed by atoms with Gasteiger partial charge < -0.3 is 5.11 Å². The van der Waals surface area contributed by atoms with Crippen LogP contribution in [-0.2, 0) is 12.7 Å². The highest BCUT2D eigenvalue weighted by molar-refractivity contribution is 5.29. The molecule has 0 spiro atoms. The van der Waals surface area contributed by atoms with Gasteiger partial charge in [0.15, 0.2) is 0 Å². The van der Waals surface area contributed by atoms with Crippen molar-refractivity contribution in [3.05, 3.63) is 35.4 Å². The zero-order valence-electron chi connectivity index (χ0n) is 10.7. The van der Waals surface area contributed by atoms with Crippen molar-refractivity contribution < 1.29 is 18.3 Å². The van der Waals surface area contributed by atoms with Crippen LogP contribution in [-0.4, -0.2) is 29.2 Å². The molecule has 1 fully saturated rings. The second kappa shape index (κ2) is 5.92. The molecule has 2 rings (SSSR count). The maximum absolute atomic E-state index is 12.9.